The van der Waals surface area contributed by atoms with E-state index >= 15 is 0 Å². The molecule has 1 unspecified atom stereocenters. The molecule has 5 rings (SSSR count). The summed E-state index contributed by atoms with van der Waals surface area (Å²) in [4.78, 5) is 37.9. The molecular weight excluding hydrogens is 418 g/mol. The summed E-state index contributed by atoms with van der Waals surface area (Å²) in [5.41, 5.74) is 4.14. The van der Waals surface area contributed by atoms with E-state index in [1.54, 1.807) is 16.4 Å². The average Bonchev–Trinajstić information content (AvgIpc) is 3.46. The van der Waals surface area contributed by atoms with Crippen molar-refractivity contribution in [1.82, 2.24) is 34.5 Å². The minimum Gasteiger partial charge on any atom is -0.341 e. The minimum absolute atomic E-state index is 0. The SMILES string of the molecule is CC.CC(Sc1ncnc2nc[nH]c12)c1nc2ncsc2c(=O)n1-c1ccccc1.[HH]. The third kappa shape index (κ3) is 3.59. The van der Waals surface area contributed by atoms with Gasteiger partial charge in [-0.25, -0.2) is 24.9 Å². The van der Waals surface area contributed by atoms with E-state index in [1.165, 1.54) is 29.4 Å². The molecule has 0 radical (unpaired) electrons. The Bertz CT molecular complexity index is 1350. The first-order valence-electron chi connectivity index (χ1n) is 9.44. The van der Waals surface area contributed by atoms with Crippen LogP contribution in [0.4, 0.5) is 0 Å². The van der Waals surface area contributed by atoms with Crippen molar-refractivity contribution in [3.8, 4) is 5.69 Å². The van der Waals surface area contributed by atoms with Gasteiger partial charge in [-0.05, 0) is 19.1 Å². The highest BCUT2D eigenvalue weighted by Gasteiger charge is 2.21. The fourth-order valence-electron chi connectivity index (χ4n) is 2.98. The van der Waals surface area contributed by atoms with Gasteiger partial charge in [0.05, 0.1) is 22.8 Å². The number of para-hydroxylation sites is 1. The Morgan fingerprint density at radius 1 is 1.10 bits per heavy atom. The third-order valence-electron chi connectivity index (χ3n) is 4.25. The molecule has 8 nitrogen and oxygen atoms in total. The molecule has 0 aliphatic rings. The van der Waals surface area contributed by atoms with Crippen LogP contribution in [0, 0.1) is 0 Å². The van der Waals surface area contributed by atoms with E-state index < -0.39 is 0 Å². The van der Waals surface area contributed by atoms with Crippen LogP contribution in [0.3, 0.4) is 0 Å². The van der Waals surface area contributed by atoms with Crippen molar-refractivity contribution in [3.63, 3.8) is 0 Å². The van der Waals surface area contributed by atoms with Crippen LogP contribution in [0.5, 0.6) is 0 Å². The monoisotopic (exact) mass is 439 g/mol. The normalized spacial score (nSPS) is 12.0. The number of thioether (sulfide) groups is 1. The molecule has 5 aromatic rings. The van der Waals surface area contributed by atoms with Gasteiger partial charge in [0.1, 0.15) is 27.4 Å². The molecule has 4 aromatic heterocycles. The molecule has 0 bridgehead atoms. The van der Waals surface area contributed by atoms with Crippen molar-refractivity contribution in [2.45, 2.75) is 31.0 Å². The molecule has 0 spiro atoms. The average molecular weight is 440 g/mol. The Morgan fingerprint density at radius 2 is 1.90 bits per heavy atom. The highest BCUT2D eigenvalue weighted by molar-refractivity contribution is 7.99. The van der Waals surface area contributed by atoms with Crippen LogP contribution in [-0.4, -0.2) is 34.5 Å². The summed E-state index contributed by atoms with van der Waals surface area (Å²) in [5.74, 6) is 0.617. The molecular formula is C20H21N7OS2. The Hall–Kier alpha value is -3.11. The van der Waals surface area contributed by atoms with Crippen LogP contribution in [0.2, 0.25) is 0 Å². The Kier molecular flexibility index (Phi) is 5.86. The number of fused-ring (bicyclic) bond motifs is 2. The van der Waals surface area contributed by atoms with E-state index in [0.29, 0.717) is 21.8 Å². The maximum absolute atomic E-state index is 13.2. The van der Waals surface area contributed by atoms with Crippen molar-refractivity contribution in [3.05, 3.63) is 64.7 Å². The second kappa shape index (κ2) is 8.72. The third-order valence-corrected chi connectivity index (χ3v) is 6.15. The first kappa shape index (κ1) is 20.2. The van der Waals surface area contributed by atoms with Gasteiger partial charge in [-0.15, -0.1) is 11.3 Å². The number of aromatic amines is 1. The van der Waals surface area contributed by atoms with Crippen LogP contribution >= 0.6 is 23.1 Å². The molecule has 0 saturated heterocycles. The van der Waals surface area contributed by atoms with Crippen LogP contribution in [0.25, 0.3) is 27.2 Å². The van der Waals surface area contributed by atoms with E-state index in [4.69, 9.17) is 4.98 Å². The van der Waals surface area contributed by atoms with Gasteiger partial charge >= 0.3 is 0 Å². The number of H-pyrrole nitrogens is 1. The summed E-state index contributed by atoms with van der Waals surface area (Å²) in [6.45, 7) is 5.99. The molecule has 0 aliphatic carbocycles. The van der Waals surface area contributed by atoms with Crippen molar-refractivity contribution in [2.75, 3.05) is 0 Å². The van der Waals surface area contributed by atoms with E-state index in [0.717, 1.165) is 16.2 Å². The quantitative estimate of drug-likeness (QED) is 0.321. The molecule has 1 atom stereocenters. The first-order chi connectivity index (χ1) is 14.7. The van der Waals surface area contributed by atoms with Gasteiger partial charge in [0.2, 0.25) is 0 Å². The molecule has 0 fully saturated rings. The number of nitrogens with one attached hydrogen (secondary N) is 1. The second-order valence-electron chi connectivity index (χ2n) is 5.99. The number of benzene rings is 1. The Labute approximate surface area is 182 Å². The molecule has 154 valence electrons. The van der Waals surface area contributed by atoms with Crippen molar-refractivity contribution in [2.24, 2.45) is 0 Å². The predicted molar refractivity (Wildman–Crippen MR) is 122 cm³/mol. The fourth-order valence-corrected chi connectivity index (χ4v) is 4.61. The summed E-state index contributed by atoms with van der Waals surface area (Å²) in [7, 11) is 0. The number of rotatable bonds is 4. The number of thiazole rings is 1. The van der Waals surface area contributed by atoms with E-state index in [2.05, 4.69) is 24.9 Å². The van der Waals surface area contributed by atoms with E-state index in [9.17, 15) is 4.79 Å². The number of hydrogen-bond donors (Lipinski definition) is 1. The topological polar surface area (TPSA) is 102 Å². The van der Waals surface area contributed by atoms with Crippen LogP contribution in [0.15, 0.2) is 58.3 Å². The largest absolute Gasteiger partial charge is 0.341 e. The predicted octanol–water partition coefficient (Wildman–Crippen LogP) is 4.63. The molecule has 4 heterocycles. The molecule has 10 heteroatoms. The Balaban J connectivity index is 0.000000883. The smallest absolute Gasteiger partial charge is 0.277 e. The van der Waals surface area contributed by atoms with Gasteiger partial charge in [-0.2, -0.15) is 0 Å². The lowest BCUT2D eigenvalue weighted by Crippen LogP contribution is -2.24. The summed E-state index contributed by atoms with van der Waals surface area (Å²) < 4.78 is 2.20. The minimum atomic E-state index is -0.166. The number of nitrogens with zero attached hydrogens (tertiary/aromatic N) is 6. The van der Waals surface area contributed by atoms with Crippen LogP contribution < -0.4 is 5.56 Å². The number of hydrogen-bond acceptors (Lipinski definition) is 8. The van der Waals surface area contributed by atoms with Gasteiger partial charge in [0.15, 0.2) is 11.3 Å². The highest BCUT2D eigenvalue weighted by atomic mass is 32.2. The zero-order valence-corrected chi connectivity index (χ0v) is 18.2. The van der Waals surface area contributed by atoms with Crippen LogP contribution in [0.1, 0.15) is 33.3 Å². The summed E-state index contributed by atoms with van der Waals surface area (Å²) >= 11 is 2.79. The van der Waals surface area contributed by atoms with Gasteiger partial charge in [-0.3, -0.25) is 9.36 Å². The summed E-state index contributed by atoms with van der Waals surface area (Å²) in [6, 6.07) is 9.52. The van der Waals surface area contributed by atoms with Gasteiger partial charge in [-0.1, -0.05) is 43.8 Å². The lowest BCUT2D eigenvalue weighted by atomic mass is 10.3. The molecule has 0 saturated carbocycles. The van der Waals surface area contributed by atoms with Crippen molar-refractivity contribution >= 4 is 44.6 Å². The Morgan fingerprint density at radius 3 is 2.70 bits per heavy atom. The zero-order valence-electron chi connectivity index (χ0n) is 16.6. The second-order valence-corrected chi connectivity index (χ2v) is 8.18. The number of aromatic nitrogens is 7. The summed E-state index contributed by atoms with van der Waals surface area (Å²) in [5, 5.41) is 0.586. The van der Waals surface area contributed by atoms with Crippen LogP contribution in [-0.2, 0) is 0 Å². The fraction of sp³-hybridized carbons (Fsp3) is 0.200. The maximum Gasteiger partial charge on any atom is 0.277 e. The molecule has 30 heavy (non-hydrogen) atoms. The van der Waals surface area contributed by atoms with E-state index in [-0.39, 0.29) is 12.2 Å². The van der Waals surface area contributed by atoms with E-state index in [1.807, 2.05) is 51.1 Å². The molecule has 1 aromatic carbocycles. The van der Waals surface area contributed by atoms with Gasteiger partial charge in [0.25, 0.3) is 5.56 Å². The standard InChI is InChI=1S/C18H13N7OS2.C2H6.H2/c1-10(28-17-12-14(20-7-19-12)21-8-22-17)16-24-15-13(27-9-23-15)18(26)25(16)11-5-3-2-4-6-11;1-2;/h2-10H,1H3,(H,19,20,21,22);1-2H3;1H. The lowest BCUT2D eigenvalue weighted by Gasteiger charge is -2.17. The molecule has 0 amide bonds. The lowest BCUT2D eigenvalue weighted by molar-refractivity contribution is 0.818. The zero-order chi connectivity index (χ0) is 21.1. The highest BCUT2D eigenvalue weighted by Crippen LogP contribution is 2.36. The maximum atomic E-state index is 13.2. The van der Waals surface area contributed by atoms with Crippen molar-refractivity contribution < 1.29 is 1.43 Å². The summed E-state index contributed by atoms with van der Waals surface area (Å²) in [6.07, 6.45) is 3.08. The molecule has 1 N–H and O–H groups in total. The van der Waals surface area contributed by atoms with Gasteiger partial charge < -0.3 is 4.98 Å². The van der Waals surface area contributed by atoms with Crippen molar-refractivity contribution in [1.29, 1.82) is 0 Å². The molecule has 0 aliphatic heterocycles. The first-order valence-corrected chi connectivity index (χ1v) is 11.2. The number of imidazole rings is 1. The van der Waals surface area contributed by atoms with Gasteiger partial charge in [0, 0.05) is 1.43 Å².